The van der Waals surface area contributed by atoms with Gasteiger partial charge in [0, 0.05) is 18.2 Å². The van der Waals surface area contributed by atoms with Crippen molar-refractivity contribution in [2.75, 3.05) is 0 Å². The molecule has 6 heteroatoms. The third kappa shape index (κ3) is 2.85. The average Bonchev–Trinajstić information content (AvgIpc) is 2.36. The van der Waals surface area contributed by atoms with E-state index in [1.165, 1.54) is 12.3 Å². The molecule has 0 fully saturated rings. The van der Waals surface area contributed by atoms with Crippen molar-refractivity contribution in [2.24, 2.45) is 0 Å². The van der Waals surface area contributed by atoms with Crippen LogP contribution in [0.25, 0.3) is 0 Å². The molecule has 6 nitrogen and oxygen atoms in total. The topological polar surface area (TPSA) is 95.9 Å². The second kappa shape index (κ2) is 5.01. The number of nitrogens with one attached hydrogen (secondary N) is 1. The number of H-pyrrole nitrogens is 1. The Balaban J connectivity index is 2.36. The van der Waals surface area contributed by atoms with Gasteiger partial charge in [0.15, 0.2) is 0 Å². The second-order valence-corrected chi connectivity index (χ2v) is 4.34. The highest BCUT2D eigenvalue weighted by Gasteiger charge is 2.09. The highest BCUT2D eigenvalue weighted by molar-refractivity contribution is 5.85. The summed E-state index contributed by atoms with van der Waals surface area (Å²) in [5.41, 5.74) is 2.68. The first-order valence-corrected chi connectivity index (χ1v) is 5.71. The van der Waals surface area contributed by atoms with Crippen molar-refractivity contribution in [1.29, 1.82) is 0 Å². The van der Waals surface area contributed by atoms with E-state index >= 15 is 0 Å². The van der Waals surface area contributed by atoms with E-state index in [9.17, 15) is 9.59 Å². The minimum Gasteiger partial charge on any atom is -0.477 e. The molecule has 2 aromatic rings. The molecule has 19 heavy (non-hydrogen) atoms. The Bertz CT molecular complexity index is 692. The van der Waals surface area contributed by atoms with Gasteiger partial charge in [0.05, 0.1) is 5.69 Å². The maximum Gasteiger partial charge on any atom is 0.354 e. The summed E-state index contributed by atoms with van der Waals surface area (Å²) in [6.07, 6.45) is 1.89. The largest absolute Gasteiger partial charge is 0.477 e. The van der Waals surface area contributed by atoms with E-state index in [4.69, 9.17) is 5.11 Å². The summed E-state index contributed by atoms with van der Waals surface area (Å²) in [5.74, 6) is -1.06. The first-order valence-electron chi connectivity index (χ1n) is 5.71. The number of aryl methyl sites for hydroxylation is 2. The highest BCUT2D eigenvalue weighted by atomic mass is 16.4. The molecule has 2 heterocycles. The maximum atomic E-state index is 11.6. The number of carboxylic acid groups (broad SMARTS) is 1. The van der Waals surface area contributed by atoms with Crippen LogP contribution in [0.5, 0.6) is 0 Å². The molecule has 0 aliphatic heterocycles. The molecular formula is C13H13N3O3. The molecule has 2 aromatic heterocycles. The molecule has 0 unspecified atom stereocenters. The van der Waals surface area contributed by atoms with Crippen molar-refractivity contribution in [3.8, 4) is 0 Å². The van der Waals surface area contributed by atoms with Crippen LogP contribution in [-0.2, 0) is 6.42 Å². The fourth-order valence-electron chi connectivity index (χ4n) is 1.78. The molecule has 0 aliphatic carbocycles. The van der Waals surface area contributed by atoms with Gasteiger partial charge in [-0.25, -0.2) is 14.9 Å². The van der Waals surface area contributed by atoms with E-state index < -0.39 is 5.97 Å². The summed E-state index contributed by atoms with van der Waals surface area (Å²) in [4.78, 5) is 26.3. The molecule has 0 bridgehead atoms. The van der Waals surface area contributed by atoms with Gasteiger partial charge in [0.1, 0.15) is 5.69 Å². The van der Waals surface area contributed by atoms with Gasteiger partial charge >= 0.3 is 5.97 Å². The maximum absolute atomic E-state index is 11.6. The van der Waals surface area contributed by atoms with E-state index in [1.807, 2.05) is 0 Å². The van der Waals surface area contributed by atoms with Crippen molar-refractivity contribution in [2.45, 2.75) is 20.3 Å². The molecule has 0 amide bonds. The molecule has 0 aromatic carbocycles. The van der Waals surface area contributed by atoms with Crippen LogP contribution >= 0.6 is 0 Å². The van der Waals surface area contributed by atoms with Crippen LogP contribution in [0.1, 0.15) is 32.9 Å². The zero-order chi connectivity index (χ0) is 14.0. The molecule has 98 valence electrons. The number of hydrogen-bond donors (Lipinski definition) is 2. The SMILES string of the molecule is Cc1cc(Cc2cnc(C(=O)O)cc2C)c(=O)[nH]n1. The fourth-order valence-corrected chi connectivity index (χ4v) is 1.78. The van der Waals surface area contributed by atoms with Gasteiger partial charge in [-0.05, 0) is 37.1 Å². The van der Waals surface area contributed by atoms with Crippen LogP contribution in [-0.4, -0.2) is 26.3 Å². The second-order valence-electron chi connectivity index (χ2n) is 4.34. The third-order valence-corrected chi connectivity index (χ3v) is 2.83. The lowest BCUT2D eigenvalue weighted by Crippen LogP contribution is -2.15. The summed E-state index contributed by atoms with van der Waals surface area (Å²) in [6, 6.07) is 3.21. The van der Waals surface area contributed by atoms with E-state index in [1.54, 1.807) is 19.9 Å². The first-order chi connectivity index (χ1) is 8.97. The van der Waals surface area contributed by atoms with Gasteiger partial charge in [-0.3, -0.25) is 4.79 Å². The summed E-state index contributed by atoms with van der Waals surface area (Å²) < 4.78 is 0. The smallest absolute Gasteiger partial charge is 0.354 e. The van der Waals surface area contributed by atoms with Gasteiger partial charge in [-0.2, -0.15) is 5.10 Å². The van der Waals surface area contributed by atoms with Gasteiger partial charge in [-0.15, -0.1) is 0 Å². The van der Waals surface area contributed by atoms with Crippen LogP contribution in [0.3, 0.4) is 0 Å². The van der Waals surface area contributed by atoms with Crippen LogP contribution in [0, 0.1) is 13.8 Å². The molecular weight excluding hydrogens is 246 g/mol. The number of nitrogens with zero attached hydrogens (tertiary/aromatic N) is 2. The predicted molar refractivity (Wildman–Crippen MR) is 68.3 cm³/mol. The Morgan fingerprint density at radius 2 is 2.05 bits per heavy atom. The van der Waals surface area contributed by atoms with Crippen LogP contribution in [0.15, 0.2) is 23.1 Å². The lowest BCUT2D eigenvalue weighted by atomic mass is 10.0. The van der Waals surface area contributed by atoms with Crippen molar-refractivity contribution in [1.82, 2.24) is 15.2 Å². The van der Waals surface area contributed by atoms with E-state index in [0.717, 1.165) is 16.8 Å². The zero-order valence-electron chi connectivity index (χ0n) is 10.6. The predicted octanol–water partition coefficient (Wildman–Crippen LogP) is 1.07. The van der Waals surface area contributed by atoms with Gasteiger partial charge in [0.25, 0.3) is 5.56 Å². The lowest BCUT2D eigenvalue weighted by molar-refractivity contribution is 0.0690. The van der Waals surface area contributed by atoms with E-state index in [0.29, 0.717) is 12.0 Å². The average molecular weight is 259 g/mol. The summed E-state index contributed by atoms with van der Waals surface area (Å²) in [5, 5.41) is 15.1. The van der Waals surface area contributed by atoms with Crippen LogP contribution < -0.4 is 5.56 Å². The lowest BCUT2D eigenvalue weighted by Gasteiger charge is -2.06. The normalized spacial score (nSPS) is 10.4. The Hall–Kier alpha value is -2.50. The standard InChI is InChI=1S/C13H13N3O3/c1-7-3-11(13(18)19)14-6-10(7)5-9-4-8(2)15-16-12(9)17/h3-4,6H,5H2,1-2H3,(H,16,17)(H,18,19). The molecule has 0 aliphatic rings. The fraction of sp³-hybridized carbons (Fsp3) is 0.231. The van der Waals surface area contributed by atoms with Crippen molar-refractivity contribution >= 4 is 5.97 Å². The quantitative estimate of drug-likeness (QED) is 0.859. The van der Waals surface area contributed by atoms with E-state index in [2.05, 4.69) is 15.2 Å². The summed E-state index contributed by atoms with van der Waals surface area (Å²) >= 11 is 0. The highest BCUT2D eigenvalue weighted by Crippen LogP contribution is 2.12. The number of carbonyl (C=O) groups is 1. The van der Waals surface area contributed by atoms with Crippen LogP contribution in [0.4, 0.5) is 0 Å². The number of aromatic carboxylic acids is 1. The molecule has 0 spiro atoms. The number of rotatable bonds is 3. The number of aromatic amines is 1. The third-order valence-electron chi connectivity index (χ3n) is 2.83. The van der Waals surface area contributed by atoms with Crippen LogP contribution in [0.2, 0.25) is 0 Å². The number of hydrogen-bond acceptors (Lipinski definition) is 4. The Morgan fingerprint density at radius 3 is 2.68 bits per heavy atom. The minimum atomic E-state index is -1.06. The first kappa shape index (κ1) is 12.9. The molecule has 0 atom stereocenters. The Kier molecular flexibility index (Phi) is 3.41. The molecule has 0 radical (unpaired) electrons. The monoisotopic (exact) mass is 259 g/mol. The minimum absolute atomic E-state index is 0.000989. The molecule has 0 saturated heterocycles. The van der Waals surface area contributed by atoms with Crippen molar-refractivity contribution in [3.63, 3.8) is 0 Å². The van der Waals surface area contributed by atoms with E-state index in [-0.39, 0.29) is 11.3 Å². The zero-order valence-corrected chi connectivity index (χ0v) is 10.6. The Morgan fingerprint density at radius 1 is 1.32 bits per heavy atom. The Labute approximate surface area is 109 Å². The summed E-state index contributed by atoms with van der Waals surface area (Å²) in [6.45, 7) is 3.59. The number of carboxylic acids is 1. The number of pyridine rings is 1. The van der Waals surface area contributed by atoms with Crippen molar-refractivity contribution < 1.29 is 9.90 Å². The van der Waals surface area contributed by atoms with Gasteiger partial charge in [-0.1, -0.05) is 0 Å². The van der Waals surface area contributed by atoms with Gasteiger partial charge < -0.3 is 5.11 Å². The van der Waals surface area contributed by atoms with Crippen molar-refractivity contribution in [3.05, 3.63) is 56.8 Å². The van der Waals surface area contributed by atoms with Gasteiger partial charge in [0.2, 0.25) is 0 Å². The molecule has 2 N–H and O–H groups in total. The summed E-state index contributed by atoms with van der Waals surface area (Å²) in [7, 11) is 0. The molecule has 0 saturated carbocycles. The number of aromatic nitrogens is 3. The molecule has 2 rings (SSSR count).